The summed E-state index contributed by atoms with van der Waals surface area (Å²) in [5.41, 5.74) is 6.35. The zero-order valence-corrected chi connectivity index (χ0v) is 14.3. The smallest absolute Gasteiger partial charge is 0.238 e. The third kappa shape index (κ3) is 5.47. The summed E-state index contributed by atoms with van der Waals surface area (Å²) < 4.78 is 0. The van der Waals surface area contributed by atoms with Crippen LogP contribution in [0.25, 0.3) is 0 Å². The van der Waals surface area contributed by atoms with Crippen molar-refractivity contribution in [1.29, 1.82) is 0 Å². The van der Waals surface area contributed by atoms with Crippen LogP contribution in [0.4, 0.5) is 5.69 Å². The molecule has 1 fully saturated rings. The maximum Gasteiger partial charge on any atom is 0.238 e. The van der Waals surface area contributed by atoms with Crippen LogP contribution in [0.15, 0.2) is 12.1 Å². The Morgan fingerprint density at radius 1 is 1.29 bits per heavy atom. The summed E-state index contributed by atoms with van der Waals surface area (Å²) >= 11 is 17.8. The largest absolute Gasteiger partial charge is 0.327 e. The monoisotopic (exact) mass is 371 g/mol. The number of benzene rings is 1. The summed E-state index contributed by atoms with van der Waals surface area (Å²) in [4.78, 5) is 14.0. The summed E-state index contributed by atoms with van der Waals surface area (Å²) in [5.74, 6) is -0.139. The molecule has 1 aliphatic heterocycles. The number of anilines is 1. The van der Waals surface area contributed by atoms with Gasteiger partial charge in [0.05, 0.1) is 27.3 Å². The number of carbonyl (C=O) groups excluding carboxylic acids is 1. The van der Waals surface area contributed by atoms with Crippen LogP contribution in [-0.4, -0.2) is 36.5 Å². The number of carbonyl (C=O) groups is 1. The number of hydrogen-bond donors (Lipinski definition) is 2. The summed E-state index contributed by atoms with van der Waals surface area (Å²) in [6, 6.07) is 3.20. The van der Waals surface area contributed by atoms with Gasteiger partial charge in [-0.05, 0) is 31.5 Å². The highest BCUT2D eigenvalue weighted by atomic mass is 35.5. The van der Waals surface area contributed by atoms with Gasteiger partial charge in [-0.3, -0.25) is 9.69 Å². The maximum absolute atomic E-state index is 12.0. The van der Waals surface area contributed by atoms with Gasteiger partial charge in [0.1, 0.15) is 0 Å². The Labute approximate surface area is 145 Å². The molecule has 0 aromatic heterocycles. The third-order valence-electron chi connectivity index (χ3n) is 3.19. The van der Waals surface area contributed by atoms with Gasteiger partial charge in [-0.15, -0.1) is 12.4 Å². The second-order valence-electron chi connectivity index (χ2n) is 4.93. The predicted octanol–water partition coefficient (Wildman–Crippen LogP) is 3.43. The molecule has 118 valence electrons. The minimum Gasteiger partial charge on any atom is -0.327 e. The lowest BCUT2D eigenvalue weighted by molar-refractivity contribution is -0.117. The maximum atomic E-state index is 12.0. The summed E-state index contributed by atoms with van der Waals surface area (Å²) in [6.45, 7) is 1.92. The topological polar surface area (TPSA) is 58.4 Å². The van der Waals surface area contributed by atoms with Gasteiger partial charge in [0.25, 0.3) is 0 Å². The molecule has 0 bridgehead atoms. The first kappa shape index (κ1) is 18.8. The average molecular weight is 373 g/mol. The molecule has 8 heteroatoms. The molecule has 0 aliphatic carbocycles. The van der Waals surface area contributed by atoms with Crippen molar-refractivity contribution in [1.82, 2.24) is 4.90 Å². The fraction of sp³-hybridized carbons (Fsp3) is 0.462. The molecule has 21 heavy (non-hydrogen) atoms. The van der Waals surface area contributed by atoms with Crippen molar-refractivity contribution in [3.63, 3.8) is 0 Å². The highest BCUT2D eigenvalue weighted by molar-refractivity contribution is 6.44. The predicted molar refractivity (Wildman–Crippen MR) is 91.0 cm³/mol. The molecule has 0 spiro atoms. The third-order valence-corrected chi connectivity index (χ3v) is 4.23. The van der Waals surface area contributed by atoms with E-state index in [0.29, 0.717) is 27.3 Å². The zero-order valence-electron chi connectivity index (χ0n) is 11.2. The Balaban J connectivity index is 0.00000220. The molecule has 0 unspecified atom stereocenters. The molecule has 1 atom stereocenters. The Bertz CT molecular complexity index is 512. The first-order valence-corrected chi connectivity index (χ1v) is 7.51. The van der Waals surface area contributed by atoms with Crippen LogP contribution in [0.1, 0.15) is 12.8 Å². The minimum absolute atomic E-state index is 0. The van der Waals surface area contributed by atoms with Gasteiger partial charge in [0.15, 0.2) is 0 Å². The van der Waals surface area contributed by atoms with Crippen LogP contribution in [0.2, 0.25) is 15.1 Å². The number of rotatable bonds is 3. The number of likely N-dealkylation sites (tertiary alicyclic amines) is 1. The minimum atomic E-state index is -0.139. The van der Waals surface area contributed by atoms with Crippen molar-refractivity contribution in [2.24, 2.45) is 5.73 Å². The summed E-state index contributed by atoms with van der Waals surface area (Å²) in [5, 5.41) is 3.82. The Hall–Kier alpha value is -0.230. The molecular formula is C13H17Cl4N3O. The van der Waals surface area contributed by atoms with Crippen LogP contribution < -0.4 is 11.1 Å². The van der Waals surface area contributed by atoms with Gasteiger partial charge in [0.2, 0.25) is 5.91 Å². The SMILES string of the molecule is Cl.N[C@@H]1CCCN(CC(=O)Nc2cc(Cl)c(Cl)cc2Cl)C1. The van der Waals surface area contributed by atoms with Crippen LogP contribution >= 0.6 is 47.2 Å². The summed E-state index contributed by atoms with van der Waals surface area (Å²) in [6.07, 6.45) is 2.03. The van der Waals surface area contributed by atoms with Crippen molar-refractivity contribution < 1.29 is 4.79 Å². The van der Waals surface area contributed by atoms with E-state index in [2.05, 4.69) is 5.32 Å². The Morgan fingerprint density at radius 2 is 1.95 bits per heavy atom. The van der Waals surface area contributed by atoms with Gasteiger partial charge < -0.3 is 11.1 Å². The van der Waals surface area contributed by atoms with Crippen molar-refractivity contribution in [3.05, 3.63) is 27.2 Å². The molecule has 3 N–H and O–H groups in total. The molecule has 1 amide bonds. The molecule has 1 heterocycles. The Morgan fingerprint density at radius 3 is 2.62 bits per heavy atom. The highest BCUT2D eigenvalue weighted by Crippen LogP contribution is 2.32. The van der Waals surface area contributed by atoms with Crippen molar-refractivity contribution in [2.45, 2.75) is 18.9 Å². The molecular weight excluding hydrogens is 356 g/mol. The Kier molecular flexibility index (Phi) is 7.54. The lowest BCUT2D eigenvalue weighted by Crippen LogP contribution is -2.45. The van der Waals surface area contributed by atoms with Crippen LogP contribution in [-0.2, 0) is 4.79 Å². The van der Waals surface area contributed by atoms with Crippen molar-refractivity contribution in [2.75, 3.05) is 25.0 Å². The second kappa shape index (κ2) is 8.42. The molecule has 1 aliphatic rings. The number of nitrogens with two attached hydrogens (primary N) is 1. The van der Waals surface area contributed by atoms with Crippen LogP contribution in [0, 0.1) is 0 Å². The van der Waals surface area contributed by atoms with Gasteiger partial charge >= 0.3 is 0 Å². The lowest BCUT2D eigenvalue weighted by atomic mass is 10.1. The van der Waals surface area contributed by atoms with Crippen LogP contribution in [0.3, 0.4) is 0 Å². The van der Waals surface area contributed by atoms with E-state index in [9.17, 15) is 4.79 Å². The van der Waals surface area contributed by atoms with Gasteiger partial charge in [-0.25, -0.2) is 0 Å². The molecule has 1 saturated heterocycles. The summed E-state index contributed by atoms with van der Waals surface area (Å²) in [7, 11) is 0. The standard InChI is InChI=1S/C13H16Cl3N3O.ClH/c14-9-4-11(16)12(5-10(9)15)18-13(20)7-19-3-1-2-8(17)6-19;/h4-5,8H,1-3,6-7,17H2,(H,18,20);1H/t8-;/m1./s1. The first-order valence-electron chi connectivity index (χ1n) is 6.38. The van der Waals surface area contributed by atoms with Crippen molar-refractivity contribution in [3.8, 4) is 0 Å². The second-order valence-corrected chi connectivity index (χ2v) is 6.15. The normalized spacial score (nSPS) is 19.0. The first-order chi connectivity index (χ1) is 9.45. The number of piperidine rings is 1. The van der Waals surface area contributed by atoms with E-state index in [1.807, 2.05) is 4.90 Å². The van der Waals surface area contributed by atoms with E-state index in [-0.39, 0.29) is 24.4 Å². The molecule has 0 saturated carbocycles. The molecule has 4 nitrogen and oxygen atoms in total. The fourth-order valence-electron chi connectivity index (χ4n) is 2.25. The van der Waals surface area contributed by atoms with E-state index < -0.39 is 0 Å². The van der Waals surface area contributed by atoms with E-state index in [1.165, 1.54) is 6.07 Å². The quantitative estimate of drug-likeness (QED) is 0.799. The highest BCUT2D eigenvalue weighted by Gasteiger charge is 2.19. The van der Waals surface area contributed by atoms with Crippen LogP contribution in [0.5, 0.6) is 0 Å². The van der Waals surface area contributed by atoms with Crippen molar-refractivity contribution >= 4 is 58.8 Å². The van der Waals surface area contributed by atoms with E-state index >= 15 is 0 Å². The molecule has 1 aromatic carbocycles. The van der Waals surface area contributed by atoms with Gasteiger partial charge in [0, 0.05) is 12.6 Å². The number of amides is 1. The molecule has 2 rings (SSSR count). The van der Waals surface area contributed by atoms with Gasteiger partial charge in [-0.2, -0.15) is 0 Å². The zero-order chi connectivity index (χ0) is 14.7. The fourth-order valence-corrected chi connectivity index (χ4v) is 2.84. The van der Waals surface area contributed by atoms with E-state index in [4.69, 9.17) is 40.5 Å². The number of nitrogens with zero attached hydrogens (tertiary/aromatic N) is 1. The van der Waals surface area contributed by atoms with E-state index in [1.54, 1.807) is 6.07 Å². The van der Waals surface area contributed by atoms with Gasteiger partial charge in [-0.1, -0.05) is 34.8 Å². The number of halogens is 4. The lowest BCUT2D eigenvalue weighted by Gasteiger charge is -2.30. The molecule has 0 radical (unpaired) electrons. The average Bonchev–Trinajstić information content (AvgIpc) is 2.36. The number of nitrogens with one attached hydrogen (secondary N) is 1. The van der Waals surface area contributed by atoms with E-state index in [0.717, 1.165) is 25.9 Å². The molecule has 1 aromatic rings. The number of hydrogen-bond acceptors (Lipinski definition) is 3.